The second-order valence-electron chi connectivity index (χ2n) is 5.68. The van der Waals surface area contributed by atoms with Gasteiger partial charge in [-0.2, -0.15) is 0 Å². The third kappa shape index (κ3) is 6.18. The van der Waals surface area contributed by atoms with Crippen LogP contribution in [-0.4, -0.2) is 24.3 Å². The zero-order valence-electron chi connectivity index (χ0n) is 12.6. The molecule has 0 aromatic heterocycles. The summed E-state index contributed by atoms with van der Waals surface area (Å²) < 4.78 is 6.37. The molecule has 0 atom stereocenters. The fourth-order valence-electron chi connectivity index (χ4n) is 2.57. The number of benzene rings is 1. The molecule has 0 aliphatic heterocycles. The summed E-state index contributed by atoms with van der Waals surface area (Å²) in [5.74, 6) is 0.578. The minimum absolute atomic E-state index is 0.0122. The molecule has 0 heterocycles. The molecule has 120 valence electrons. The first-order valence-corrected chi connectivity index (χ1v) is 8.62. The van der Waals surface area contributed by atoms with Crippen LogP contribution in [0.3, 0.4) is 0 Å². The molecule has 1 aromatic carbocycles. The van der Waals surface area contributed by atoms with Gasteiger partial charge in [-0.1, -0.05) is 35.2 Å². The Morgan fingerprint density at radius 1 is 1.09 bits per heavy atom. The van der Waals surface area contributed by atoms with Gasteiger partial charge in [-0.15, -0.1) is 0 Å². The van der Waals surface area contributed by atoms with Gasteiger partial charge in [0.05, 0.1) is 0 Å². The highest BCUT2D eigenvalue weighted by molar-refractivity contribution is 9.10. The number of carbonyl (C=O) groups excluding carboxylic acids is 2. The Morgan fingerprint density at radius 2 is 1.77 bits per heavy atom. The van der Waals surface area contributed by atoms with Gasteiger partial charge in [-0.05, 0) is 37.1 Å². The number of ether oxygens (including phenoxy) is 1. The molecule has 1 aromatic rings. The Hall–Kier alpha value is -1.36. The molecular weight excluding hydrogens is 346 g/mol. The molecule has 0 radical (unpaired) electrons. The second kappa shape index (κ2) is 8.93. The van der Waals surface area contributed by atoms with Gasteiger partial charge in [0.1, 0.15) is 12.4 Å². The predicted molar refractivity (Wildman–Crippen MR) is 88.9 cm³/mol. The van der Waals surface area contributed by atoms with Crippen LogP contribution in [0.5, 0.6) is 5.75 Å². The minimum atomic E-state index is -0.0540. The zero-order chi connectivity index (χ0) is 15.8. The van der Waals surface area contributed by atoms with E-state index in [1.54, 1.807) is 12.1 Å². The molecule has 1 fully saturated rings. The van der Waals surface area contributed by atoms with E-state index in [0.717, 1.165) is 17.3 Å². The molecule has 2 rings (SSSR count). The molecule has 4 nitrogen and oxygen atoms in total. The number of hydrogen-bond acceptors (Lipinski definition) is 3. The monoisotopic (exact) mass is 367 g/mol. The highest BCUT2D eigenvalue weighted by atomic mass is 79.9. The lowest BCUT2D eigenvalue weighted by Crippen LogP contribution is -2.36. The maximum absolute atomic E-state index is 11.8. The fraction of sp³-hybridized carbons (Fsp3) is 0.529. The highest BCUT2D eigenvalue weighted by Gasteiger charge is 2.16. The third-order valence-corrected chi connectivity index (χ3v) is 4.34. The van der Waals surface area contributed by atoms with E-state index < -0.39 is 0 Å². The van der Waals surface area contributed by atoms with E-state index in [2.05, 4.69) is 21.2 Å². The van der Waals surface area contributed by atoms with Gasteiger partial charge in [0.25, 0.3) is 0 Å². The second-order valence-corrected chi connectivity index (χ2v) is 6.60. The summed E-state index contributed by atoms with van der Waals surface area (Å²) in [5, 5.41) is 3.02. The summed E-state index contributed by atoms with van der Waals surface area (Å²) in [6.07, 6.45) is 6.24. The number of halogens is 1. The zero-order valence-corrected chi connectivity index (χ0v) is 14.2. The Balaban J connectivity index is 1.62. The van der Waals surface area contributed by atoms with E-state index in [9.17, 15) is 9.59 Å². The average Bonchev–Trinajstić information content (AvgIpc) is 2.53. The lowest BCUT2D eigenvalue weighted by atomic mass is 9.95. The van der Waals surface area contributed by atoms with Crippen molar-refractivity contribution >= 4 is 27.6 Å². The van der Waals surface area contributed by atoms with Gasteiger partial charge in [-0.25, -0.2) is 0 Å². The molecule has 0 bridgehead atoms. The quantitative estimate of drug-likeness (QED) is 0.800. The van der Waals surface area contributed by atoms with Crippen molar-refractivity contribution in [3.63, 3.8) is 0 Å². The number of rotatable bonds is 7. The Morgan fingerprint density at radius 3 is 2.45 bits per heavy atom. The van der Waals surface area contributed by atoms with Crippen LogP contribution in [0, 0.1) is 0 Å². The number of carbonyl (C=O) groups is 2. The van der Waals surface area contributed by atoms with E-state index in [0.29, 0.717) is 11.8 Å². The minimum Gasteiger partial charge on any atom is -0.486 e. The van der Waals surface area contributed by atoms with Gasteiger partial charge in [0.15, 0.2) is 5.78 Å². The molecule has 5 heteroatoms. The van der Waals surface area contributed by atoms with Crippen LogP contribution in [0.15, 0.2) is 28.7 Å². The Labute approximate surface area is 139 Å². The summed E-state index contributed by atoms with van der Waals surface area (Å²) in [6, 6.07) is 7.62. The first-order chi connectivity index (χ1) is 10.6. The van der Waals surface area contributed by atoms with Gasteiger partial charge >= 0.3 is 0 Å². The van der Waals surface area contributed by atoms with Crippen LogP contribution in [0.4, 0.5) is 0 Å². The van der Waals surface area contributed by atoms with Crippen molar-refractivity contribution in [3.05, 3.63) is 28.7 Å². The number of nitrogens with one attached hydrogen (secondary N) is 1. The standard InChI is InChI=1S/C17H22BrNO3/c18-13-6-9-16(10-7-13)22-12-15(20)8-11-17(21)19-14-4-2-1-3-5-14/h6-7,9-10,14H,1-5,8,11-12H2,(H,19,21). The van der Waals surface area contributed by atoms with Crippen molar-refractivity contribution in [1.82, 2.24) is 5.32 Å². The number of amides is 1. The topological polar surface area (TPSA) is 55.4 Å². The first-order valence-electron chi connectivity index (χ1n) is 7.83. The Bertz CT molecular complexity index is 495. The van der Waals surface area contributed by atoms with E-state index >= 15 is 0 Å². The molecule has 1 N–H and O–H groups in total. The SMILES string of the molecule is O=C(CCC(=O)NC1CCCCC1)COc1ccc(Br)cc1. The molecule has 1 aliphatic carbocycles. The largest absolute Gasteiger partial charge is 0.486 e. The van der Waals surface area contributed by atoms with Crippen molar-refractivity contribution in [1.29, 1.82) is 0 Å². The summed E-state index contributed by atoms with van der Waals surface area (Å²) in [4.78, 5) is 23.6. The average molecular weight is 368 g/mol. The molecule has 1 saturated carbocycles. The van der Waals surface area contributed by atoms with Crippen molar-refractivity contribution in [2.75, 3.05) is 6.61 Å². The summed E-state index contributed by atoms with van der Waals surface area (Å²) >= 11 is 3.34. The van der Waals surface area contributed by atoms with E-state index in [4.69, 9.17) is 4.74 Å². The lowest BCUT2D eigenvalue weighted by Gasteiger charge is -2.22. The number of ketones is 1. The first kappa shape index (κ1) is 17.0. The number of Topliss-reactive ketones (excluding diaryl/α,β-unsaturated/α-hetero) is 1. The van der Waals surface area contributed by atoms with Gasteiger partial charge in [0, 0.05) is 23.4 Å². The van der Waals surface area contributed by atoms with Crippen LogP contribution in [-0.2, 0) is 9.59 Å². The number of hydrogen-bond donors (Lipinski definition) is 1. The normalized spacial score (nSPS) is 15.3. The van der Waals surface area contributed by atoms with E-state index in [-0.39, 0.29) is 31.1 Å². The van der Waals surface area contributed by atoms with Crippen LogP contribution < -0.4 is 10.1 Å². The lowest BCUT2D eigenvalue weighted by molar-refractivity contribution is -0.126. The molecular formula is C17H22BrNO3. The van der Waals surface area contributed by atoms with Crippen molar-refractivity contribution in [2.24, 2.45) is 0 Å². The molecule has 1 amide bonds. The van der Waals surface area contributed by atoms with Crippen LogP contribution in [0.1, 0.15) is 44.9 Å². The van der Waals surface area contributed by atoms with E-state index in [1.165, 1.54) is 19.3 Å². The summed E-state index contributed by atoms with van der Waals surface area (Å²) in [5.41, 5.74) is 0. The van der Waals surface area contributed by atoms with Crippen molar-refractivity contribution in [2.45, 2.75) is 51.0 Å². The van der Waals surface area contributed by atoms with Gasteiger partial charge < -0.3 is 10.1 Å². The molecule has 1 aliphatic rings. The smallest absolute Gasteiger partial charge is 0.220 e. The maximum Gasteiger partial charge on any atom is 0.220 e. The van der Waals surface area contributed by atoms with Gasteiger partial charge in [-0.3, -0.25) is 9.59 Å². The molecule has 0 spiro atoms. The fourth-order valence-corrected chi connectivity index (χ4v) is 2.83. The van der Waals surface area contributed by atoms with Crippen LogP contribution in [0.25, 0.3) is 0 Å². The maximum atomic E-state index is 11.8. The third-order valence-electron chi connectivity index (χ3n) is 3.81. The summed E-state index contributed by atoms with van der Waals surface area (Å²) in [6.45, 7) is 0.0122. The van der Waals surface area contributed by atoms with Gasteiger partial charge in [0.2, 0.25) is 5.91 Å². The van der Waals surface area contributed by atoms with Crippen LogP contribution >= 0.6 is 15.9 Å². The van der Waals surface area contributed by atoms with Crippen LogP contribution in [0.2, 0.25) is 0 Å². The van der Waals surface area contributed by atoms with E-state index in [1.807, 2.05) is 12.1 Å². The Kier molecular flexibility index (Phi) is 6.90. The molecule has 22 heavy (non-hydrogen) atoms. The highest BCUT2D eigenvalue weighted by Crippen LogP contribution is 2.18. The molecule has 0 unspecified atom stereocenters. The summed E-state index contributed by atoms with van der Waals surface area (Å²) in [7, 11) is 0. The molecule has 0 saturated heterocycles. The predicted octanol–water partition coefficient (Wildman–Crippen LogP) is 3.63. The van der Waals surface area contributed by atoms with Crippen molar-refractivity contribution in [3.8, 4) is 5.75 Å². The van der Waals surface area contributed by atoms with Crippen molar-refractivity contribution < 1.29 is 14.3 Å².